The summed E-state index contributed by atoms with van der Waals surface area (Å²) in [6.45, 7) is 6.60. The fraction of sp³-hybridized carbons (Fsp3) is 0.588. The first-order chi connectivity index (χ1) is 11.7. The first-order valence-corrected chi connectivity index (χ1v) is 8.26. The Kier molecular flexibility index (Phi) is 5.71. The molecule has 8 heteroatoms. The molecule has 1 unspecified atom stereocenters. The molecule has 1 saturated heterocycles. The third kappa shape index (κ3) is 5.23. The monoisotopic (exact) mass is 351 g/mol. The van der Waals surface area contributed by atoms with Crippen LogP contribution in [0.15, 0.2) is 18.2 Å². The number of nitrogens with one attached hydrogen (secondary N) is 1. The van der Waals surface area contributed by atoms with Gasteiger partial charge in [0, 0.05) is 19.1 Å². The molecule has 0 radical (unpaired) electrons. The minimum atomic E-state index is -0.562. The van der Waals surface area contributed by atoms with E-state index in [2.05, 4.69) is 5.32 Å². The number of carbonyl (C=O) groups excluding carboxylic acids is 1. The van der Waals surface area contributed by atoms with Crippen molar-refractivity contribution in [3.63, 3.8) is 0 Å². The predicted octanol–water partition coefficient (Wildman–Crippen LogP) is 3.10. The van der Waals surface area contributed by atoms with Gasteiger partial charge in [0.2, 0.25) is 0 Å². The van der Waals surface area contributed by atoms with E-state index in [0.717, 1.165) is 12.8 Å². The number of rotatable bonds is 4. The summed E-state index contributed by atoms with van der Waals surface area (Å²) in [5, 5.41) is 14.2. The minimum absolute atomic E-state index is 0.00253. The van der Waals surface area contributed by atoms with Crippen LogP contribution in [0.3, 0.4) is 0 Å². The van der Waals surface area contributed by atoms with Gasteiger partial charge in [0.15, 0.2) is 0 Å². The molecule has 1 N–H and O–H groups in total. The standard InChI is InChI=1S/C17H25N3O5/c1-17(2,3)25-16(21)18-12-6-5-9-19(11-12)14-8-7-13(24-4)10-15(14)20(22)23/h7-8,10,12H,5-6,9,11H2,1-4H3,(H,18,21). The van der Waals surface area contributed by atoms with E-state index in [9.17, 15) is 14.9 Å². The van der Waals surface area contributed by atoms with Crippen molar-refractivity contribution in [3.05, 3.63) is 28.3 Å². The Morgan fingerprint density at radius 1 is 1.40 bits per heavy atom. The van der Waals surface area contributed by atoms with Crippen molar-refractivity contribution in [1.29, 1.82) is 0 Å². The van der Waals surface area contributed by atoms with Crippen LogP contribution < -0.4 is 15.0 Å². The molecule has 0 aromatic heterocycles. The van der Waals surface area contributed by atoms with Gasteiger partial charge in [-0.05, 0) is 45.7 Å². The van der Waals surface area contributed by atoms with E-state index in [1.165, 1.54) is 13.2 Å². The number of amides is 1. The van der Waals surface area contributed by atoms with Crippen molar-refractivity contribution in [2.75, 3.05) is 25.1 Å². The second-order valence-corrected chi connectivity index (χ2v) is 7.04. The second kappa shape index (κ2) is 7.58. The lowest BCUT2D eigenvalue weighted by atomic mass is 10.0. The van der Waals surface area contributed by atoms with E-state index in [0.29, 0.717) is 24.5 Å². The average molecular weight is 351 g/mol. The number of benzene rings is 1. The lowest BCUT2D eigenvalue weighted by Gasteiger charge is -2.34. The number of piperidine rings is 1. The summed E-state index contributed by atoms with van der Waals surface area (Å²) in [4.78, 5) is 24.8. The maximum absolute atomic E-state index is 12.0. The van der Waals surface area contributed by atoms with Crippen LogP contribution in [-0.2, 0) is 4.74 Å². The van der Waals surface area contributed by atoms with Crippen molar-refractivity contribution in [2.45, 2.75) is 45.3 Å². The van der Waals surface area contributed by atoms with Crippen LogP contribution >= 0.6 is 0 Å². The van der Waals surface area contributed by atoms with Crippen molar-refractivity contribution in [3.8, 4) is 5.75 Å². The molecule has 1 aliphatic heterocycles. The summed E-state index contributed by atoms with van der Waals surface area (Å²) in [5.41, 5.74) is -0.0357. The molecule has 0 aliphatic carbocycles. The molecule has 1 aliphatic rings. The van der Waals surface area contributed by atoms with E-state index in [4.69, 9.17) is 9.47 Å². The van der Waals surface area contributed by atoms with E-state index < -0.39 is 16.6 Å². The molecule has 1 atom stereocenters. The molecule has 8 nitrogen and oxygen atoms in total. The van der Waals surface area contributed by atoms with Crippen LogP contribution in [0.2, 0.25) is 0 Å². The zero-order valence-electron chi connectivity index (χ0n) is 15.1. The van der Waals surface area contributed by atoms with Gasteiger partial charge in [-0.1, -0.05) is 0 Å². The fourth-order valence-electron chi connectivity index (χ4n) is 2.83. The lowest BCUT2D eigenvalue weighted by Crippen LogP contribution is -2.49. The number of anilines is 1. The minimum Gasteiger partial charge on any atom is -0.496 e. The molecular weight excluding hydrogens is 326 g/mol. The molecule has 2 rings (SSSR count). The predicted molar refractivity (Wildman–Crippen MR) is 94.3 cm³/mol. The lowest BCUT2D eigenvalue weighted by molar-refractivity contribution is -0.384. The van der Waals surface area contributed by atoms with Gasteiger partial charge >= 0.3 is 6.09 Å². The maximum atomic E-state index is 12.0. The summed E-state index contributed by atoms with van der Waals surface area (Å²) in [6.07, 6.45) is 1.16. The van der Waals surface area contributed by atoms with E-state index in [-0.39, 0.29) is 11.7 Å². The van der Waals surface area contributed by atoms with Crippen molar-refractivity contribution in [2.24, 2.45) is 0 Å². The van der Waals surface area contributed by atoms with Gasteiger partial charge in [-0.3, -0.25) is 10.1 Å². The van der Waals surface area contributed by atoms with Crippen LogP contribution in [-0.4, -0.2) is 42.9 Å². The van der Waals surface area contributed by atoms with Crippen LogP contribution in [0.4, 0.5) is 16.2 Å². The van der Waals surface area contributed by atoms with Crippen molar-refractivity contribution in [1.82, 2.24) is 5.32 Å². The number of nitro groups is 1. The topological polar surface area (TPSA) is 93.9 Å². The fourth-order valence-corrected chi connectivity index (χ4v) is 2.83. The summed E-state index contributed by atoms with van der Waals surface area (Å²) < 4.78 is 10.4. The molecule has 0 bridgehead atoms. The van der Waals surface area contributed by atoms with Crippen LogP contribution in [0.25, 0.3) is 0 Å². The third-order valence-corrected chi connectivity index (χ3v) is 3.86. The Bertz CT molecular complexity index is 642. The summed E-state index contributed by atoms with van der Waals surface area (Å²) in [7, 11) is 1.47. The van der Waals surface area contributed by atoms with Crippen LogP contribution in [0.5, 0.6) is 5.75 Å². The maximum Gasteiger partial charge on any atom is 0.407 e. The van der Waals surface area contributed by atoms with E-state index in [1.807, 2.05) is 4.90 Å². The Morgan fingerprint density at radius 2 is 2.12 bits per heavy atom. The second-order valence-electron chi connectivity index (χ2n) is 7.04. The molecule has 1 aromatic carbocycles. The largest absolute Gasteiger partial charge is 0.496 e. The zero-order valence-corrected chi connectivity index (χ0v) is 15.1. The number of ether oxygens (including phenoxy) is 2. The molecule has 25 heavy (non-hydrogen) atoms. The molecule has 1 fully saturated rings. The zero-order chi connectivity index (χ0) is 18.6. The Labute approximate surface area is 147 Å². The van der Waals surface area contributed by atoms with Gasteiger partial charge in [0.1, 0.15) is 17.0 Å². The molecule has 0 saturated carbocycles. The van der Waals surface area contributed by atoms with Gasteiger partial charge in [0.25, 0.3) is 5.69 Å². The van der Waals surface area contributed by atoms with E-state index >= 15 is 0 Å². The number of hydrogen-bond acceptors (Lipinski definition) is 6. The molecule has 1 aromatic rings. The molecule has 138 valence electrons. The summed E-state index contributed by atoms with van der Waals surface area (Å²) in [5.74, 6) is 0.441. The summed E-state index contributed by atoms with van der Waals surface area (Å²) in [6, 6.07) is 4.69. The van der Waals surface area contributed by atoms with E-state index in [1.54, 1.807) is 32.9 Å². The first-order valence-electron chi connectivity index (χ1n) is 8.26. The molecule has 0 spiro atoms. The summed E-state index contributed by atoms with van der Waals surface area (Å²) >= 11 is 0. The highest BCUT2D eigenvalue weighted by molar-refractivity contribution is 5.69. The Morgan fingerprint density at radius 3 is 2.72 bits per heavy atom. The van der Waals surface area contributed by atoms with Gasteiger partial charge in [-0.2, -0.15) is 0 Å². The number of nitro benzene ring substituents is 1. The molecule has 1 amide bonds. The molecule has 1 heterocycles. The SMILES string of the molecule is COc1ccc(N2CCCC(NC(=O)OC(C)(C)C)C2)c([N+](=O)[O-])c1. The number of alkyl carbamates (subject to hydrolysis) is 1. The smallest absolute Gasteiger partial charge is 0.407 e. The highest BCUT2D eigenvalue weighted by Crippen LogP contribution is 2.33. The van der Waals surface area contributed by atoms with Gasteiger partial charge in [-0.15, -0.1) is 0 Å². The van der Waals surface area contributed by atoms with Crippen LogP contribution in [0, 0.1) is 10.1 Å². The number of nitrogens with zero attached hydrogens (tertiary/aromatic N) is 2. The third-order valence-electron chi connectivity index (χ3n) is 3.86. The van der Waals surface area contributed by atoms with Gasteiger partial charge in [0.05, 0.1) is 18.1 Å². The highest BCUT2D eigenvalue weighted by Gasteiger charge is 2.28. The Balaban J connectivity index is 2.11. The molecular formula is C17H25N3O5. The van der Waals surface area contributed by atoms with Gasteiger partial charge < -0.3 is 19.7 Å². The van der Waals surface area contributed by atoms with Gasteiger partial charge in [-0.25, -0.2) is 4.79 Å². The number of hydrogen-bond donors (Lipinski definition) is 1. The number of methoxy groups -OCH3 is 1. The van der Waals surface area contributed by atoms with Crippen molar-refractivity contribution < 1.29 is 19.2 Å². The Hall–Kier alpha value is -2.51. The first kappa shape index (κ1) is 18.8. The normalized spacial score (nSPS) is 17.8. The highest BCUT2D eigenvalue weighted by atomic mass is 16.6. The van der Waals surface area contributed by atoms with Crippen molar-refractivity contribution >= 4 is 17.5 Å². The average Bonchev–Trinajstić information content (AvgIpc) is 2.52. The van der Waals surface area contributed by atoms with Crippen LogP contribution in [0.1, 0.15) is 33.6 Å². The quantitative estimate of drug-likeness (QED) is 0.662. The number of carbonyl (C=O) groups is 1.